The summed E-state index contributed by atoms with van der Waals surface area (Å²) in [6.45, 7) is 4.54. The van der Waals surface area contributed by atoms with Crippen molar-refractivity contribution in [3.05, 3.63) is 28.2 Å². The van der Waals surface area contributed by atoms with E-state index in [2.05, 4.69) is 35.1 Å². The van der Waals surface area contributed by atoms with E-state index in [0.717, 1.165) is 15.8 Å². The Bertz CT molecular complexity index is 479. The van der Waals surface area contributed by atoms with Crippen molar-refractivity contribution in [1.82, 2.24) is 5.32 Å². The average molecular weight is 351 g/mol. The van der Waals surface area contributed by atoms with Crippen LogP contribution in [0.5, 0.6) is 5.75 Å². The van der Waals surface area contributed by atoms with Crippen molar-refractivity contribution in [2.45, 2.75) is 19.9 Å². The molecular weight excluding hydrogens is 334 g/mol. The maximum absolute atomic E-state index is 11.4. The molecule has 1 fully saturated rings. The summed E-state index contributed by atoms with van der Waals surface area (Å²) in [7, 11) is 1.62. The van der Waals surface area contributed by atoms with E-state index in [1.165, 1.54) is 0 Å². The second-order valence-electron chi connectivity index (χ2n) is 5.04. The first-order chi connectivity index (χ1) is 8.44. The van der Waals surface area contributed by atoms with Crippen molar-refractivity contribution in [2.24, 2.45) is 5.41 Å². The zero-order chi connectivity index (χ0) is 13.3. The van der Waals surface area contributed by atoms with Gasteiger partial charge in [-0.1, -0.05) is 19.9 Å². The van der Waals surface area contributed by atoms with Crippen LogP contribution in [0.25, 0.3) is 0 Å². The van der Waals surface area contributed by atoms with Crippen molar-refractivity contribution in [2.75, 3.05) is 13.7 Å². The van der Waals surface area contributed by atoms with Crippen LogP contribution in [0.3, 0.4) is 0 Å². The molecule has 1 aliphatic heterocycles. The van der Waals surface area contributed by atoms with Crippen LogP contribution in [0.2, 0.25) is 0 Å². The second-order valence-corrected chi connectivity index (χ2v) is 5.89. The highest BCUT2D eigenvalue weighted by Crippen LogP contribution is 2.38. The number of rotatable bonds is 2. The number of nitrogens with one attached hydrogen (secondary N) is 1. The number of carbonyl (C=O) groups is 1. The highest BCUT2D eigenvalue weighted by molar-refractivity contribution is 9.10. The minimum absolute atomic E-state index is 0. The first-order valence-electron chi connectivity index (χ1n) is 5.71. The molecule has 1 amide bonds. The van der Waals surface area contributed by atoms with Gasteiger partial charge in [0.1, 0.15) is 12.4 Å². The van der Waals surface area contributed by atoms with Gasteiger partial charge in [-0.2, -0.15) is 0 Å². The molecule has 1 aromatic rings. The number of hydrogen-bond donors (Lipinski definition) is 1. The zero-order valence-corrected chi connectivity index (χ0v) is 13.4. The number of halogens is 2. The molecule has 0 spiro atoms. The van der Waals surface area contributed by atoms with Crippen LogP contribution in [0, 0.1) is 5.41 Å². The molecule has 1 N–H and O–H groups in total. The molecule has 19 heavy (non-hydrogen) atoms. The summed E-state index contributed by atoms with van der Waals surface area (Å²) in [6, 6.07) is 5.75. The highest BCUT2D eigenvalue weighted by atomic mass is 79.9. The van der Waals surface area contributed by atoms with Crippen LogP contribution in [0.4, 0.5) is 4.79 Å². The number of carbonyl (C=O) groups excluding carboxylic acids is 1. The van der Waals surface area contributed by atoms with Crippen molar-refractivity contribution in [3.8, 4) is 5.75 Å². The minimum atomic E-state index is -0.369. The van der Waals surface area contributed by atoms with Gasteiger partial charge in [0.2, 0.25) is 0 Å². The molecule has 0 radical (unpaired) electrons. The lowest BCUT2D eigenvalue weighted by Gasteiger charge is -2.38. The van der Waals surface area contributed by atoms with Crippen molar-refractivity contribution in [3.63, 3.8) is 0 Å². The van der Waals surface area contributed by atoms with Crippen LogP contribution in [0.15, 0.2) is 22.7 Å². The van der Waals surface area contributed by atoms with Crippen molar-refractivity contribution >= 4 is 34.4 Å². The molecule has 0 aromatic heterocycles. The molecule has 0 unspecified atom stereocenters. The molecule has 1 aromatic carbocycles. The molecule has 106 valence electrons. The van der Waals surface area contributed by atoms with Crippen LogP contribution in [0.1, 0.15) is 25.5 Å². The third-order valence-corrected chi connectivity index (χ3v) is 3.75. The van der Waals surface area contributed by atoms with Crippen LogP contribution in [-0.4, -0.2) is 19.8 Å². The number of alkyl carbamates (subject to hydrolysis) is 1. The Kier molecular flexibility index (Phi) is 5.10. The predicted octanol–water partition coefficient (Wildman–Crippen LogP) is 3.69. The Morgan fingerprint density at radius 1 is 1.47 bits per heavy atom. The van der Waals surface area contributed by atoms with Gasteiger partial charge in [0.25, 0.3) is 0 Å². The fourth-order valence-electron chi connectivity index (χ4n) is 2.09. The lowest BCUT2D eigenvalue weighted by atomic mass is 9.80. The quantitative estimate of drug-likeness (QED) is 0.885. The molecule has 0 bridgehead atoms. The Balaban J connectivity index is 0.00000180. The molecule has 6 heteroatoms. The summed E-state index contributed by atoms with van der Waals surface area (Å²) in [5.41, 5.74) is 0.881. The third kappa shape index (κ3) is 3.34. The Morgan fingerprint density at radius 3 is 2.74 bits per heavy atom. The van der Waals surface area contributed by atoms with E-state index in [0.29, 0.717) is 6.61 Å². The fraction of sp³-hybridized carbons (Fsp3) is 0.462. The first kappa shape index (κ1) is 16.1. The maximum atomic E-state index is 11.4. The van der Waals surface area contributed by atoms with Gasteiger partial charge in [-0.3, -0.25) is 0 Å². The first-order valence-corrected chi connectivity index (χ1v) is 6.50. The number of cyclic esters (lactones) is 1. The van der Waals surface area contributed by atoms with Gasteiger partial charge >= 0.3 is 6.09 Å². The third-order valence-electron chi connectivity index (χ3n) is 3.13. The van der Waals surface area contributed by atoms with E-state index in [1.807, 2.05) is 18.2 Å². The molecule has 1 saturated heterocycles. The van der Waals surface area contributed by atoms with Crippen LogP contribution < -0.4 is 10.1 Å². The summed E-state index contributed by atoms with van der Waals surface area (Å²) in [5, 5.41) is 2.86. The fourth-order valence-corrected chi connectivity index (χ4v) is 2.64. The topological polar surface area (TPSA) is 47.6 Å². The minimum Gasteiger partial charge on any atom is -0.496 e. The van der Waals surface area contributed by atoms with Gasteiger partial charge in [-0.25, -0.2) is 4.79 Å². The number of benzene rings is 1. The Labute approximate surface area is 127 Å². The lowest BCUT2D eigenvalue weighted by Crippen LogP contribution is -2.46. The van der Waals surface area contributed by atoms with E-state index in [-0.39, 0.29) is 30.0 Å². The average Bonchev–Trinajstić information content (AvgIpc) is 2.32. The zero-order valence-electron chi connectivity index (χ0n) is 11.0. The summed E-state index contributed by atoms with van der Waals surface area (Å²) < 4.78 is 11.1. The summed E-state index contributed by atoms with van der Waals surface area (Å²) in [5.74, 6) is 0.773. The summed E-state index contributed by atoms with van der Waals surface area (Å²) in [6.07, 6.45) is -0.369. The SMILES string of the molecule is COc1ccc([C@H]2NC(=O)OCC2(C)C)cc1Br.Cl. The molecule has 2 rings (SSSR count). The van der Waals surface area contributed by atoms with E-state index < -0.39 is 0 Å². The van der Waals surface area contributed by atoms with Crippen LogP contribution in [-0.2, 0) is 4.74 Å². The Morgan fingerprint density at radius 2 is 2.16 bits per heavy atom. The second kappa shape index (κ2) is 6.01. The van der Waals surface area contributed by atoms with E-state index in [9.17, 15) is 4.79 Å². The van der Waals surface area contributed by atoms with Gasteiger partial charge in [0.05, 0.1) is 17.6 Å². The summed E-state index contributed by atoms with van der Waals surface area (Å²) >= 11 is 3.46. The van der Waals surface area contributed by atoms with Gasteiger partial charge < -0.3 is 14.8 Å². The molecule has 0 saturated carbocycles. The monoisotopic (exact) mass is 349 g/mol. The number of amides is 1. The number of hydrogen-bond acceptors (Lipinski definition) is 3. The predicted molar refractivity (Wildman–Crippen MR) is 78.9 cm³/mol. The summed E-state index contributed by atoms with van der Waals surface area (Å²) in [4.78, 5) is 11.4. The van der Waals surface area contributed by atoms with Crippen LogP contribution >= 0.6 is 28.3 Å². The molecule has 1 aliphatic rings. The standard InChI is InChI=1S/C13H16BrNO3.ClH/c1-13(2)7-18-12(16)15-11(13)8-4-5-10(17-3)9(14)6-8;/h4-6,11H,7H2,1-3H3,(H,15,16);1H/t11-;/m1./s1. The number of ether oxygens (including phenoxy) is 2. The van der Waals surface area contributed by atoms with E-state index in [1.54, 1.807) is 7.11 Å². The smallest absolute Gasteiger partial charge is 0.407 e. The molecular formula is C13H17BrClNO3. The van der Waals surface area contributed by atoms with Gasteiger partial charge in [-0.05, 0) is 33.6 Å². The molecule has 1 atom stereocenters. The number of methoxy groups -OCH3 is 1. The van der Waals surface area contributed by atoms with Gasteiger partial charge in [0, 0.05) is 5.41 Å². The van der Waals surface area contributed by atoms with E-state index >= 15 is 0 Å². The Hall–Kier alpha value is -0.940. The van der Waals surface area contributed by atoms with Gasteiger partial charge in [-0.15, -0.1) is 12.4 Å². The van der Waals surface area contributed by atoms with Crippen molar-refractivity contribution < 1.29 is 14.3 Å². The highest BCUT2D eigenvalue weighted by Gasteiger charge is 2.38. The lowest BCUT2D eigenvalue weighted by molar-refractivity contribution is 0.0387. The molecule has 4 nitrogen and oxygen atoms in total. The normalized spacial score (nSPS) is 20.8. The molecule has 1 heterocycles. The largest absolute Gasteiger partial charge is 0.496 e. The maximum Gasteiger partial charge on any atom is 0.407 e. The molecule has 0 aliphatic carbocycles. The van der Waals surface area contributed by atoms with Gasteiger partial charge in [0.15, 0.2) is 0 Å². The van der Waals surface area contributed by atoms with E-state index in [4.69, 9.17) is 9.47 Å². The van der Waals surface area contributed by atoms with Crippen molar-refractivity contribution in [1.29, 1.82) is 0 Å².